The normalized spacial score (nSPS) is 22.5. The first-order valence-corrected chi connectivity index (χ1v) is 6.72. The molecule has 4 heteroatoms. The van der Waals surface area contributed by atoms with Crippen molar-refractivity contribution in [1.82, 2.24) is 5.32 Å². The van der Waals surface area contributed by atoms with Gasteiger partial charge in [-0.05, 0) is 26.0 Å². The molecule has 3 nitrogen and oxygen atoms in total. The number of thioether (sulfide) groups is 1. The highest BCUT2D eigenvalue weighted by atomic mass is 32.2. The smallest absolute Gasteiger partial charge is 0.128 e. The number of hydrogen-bond acceptors (Lipinski definition) is 4. The molecule has 0 aliphatic carbocycles. The van der Waals surface area contributed by atoms with E-state index in [1.807, 2.05) is 23.9 Å². The first-order chi connectivity index (χ1) is 8.05. The largest absolute Gasteiger partial charge is 0.497 e. The molecule has 0 amide bonds. The SMILES string of the molecule is COc1ccc(C2NC(C)(C)CS2)c(OC)c1. The van der Waals surface area contributed by atoms with Crippen molar-refractivity contribution < 1.29 is 9.47 Å². The summed E-state index contributed by atoms with van der Waals surface area (Å²) >= 11 is 1.91. The maximum Gasteiger partial charge on any atom is 0.128 e. The molecule has 2 rings (SSSR count). The lowest BCUT2D eigenvalue weighted by Gasteiger charge is -2.20. The third kappa shape index (κ3) is 2.69. The number of hydrogen-bond donors (Lipinski definition) is 1. The van der Waals surface area contributed by atoms with Gasteiger partial charge in [-0.2, -0.15) is 0 Å². The van der Waals surface area contributed by atoms with Gasteiger partial charge in [-0.3, -0.25) is 5.32 Å². The zero-order chi connectivity index (χ0) is 12.5. The van der Waals surface area contributed by atoms with Gasteiger partial charge in [0.25, 0.3) is 0 Å². The summed E-state index contributed by atoms with van der Waals surface area (Å²) in [5.74, 6) is 2.81. The van der Waals surface area contributed by atoms with E-state index in [0.29, 0.717) is 5.37 Å². The summed E-state index contributed by atoms with van der Waals surface area (Å²) in [5.41, 5.74) is 1.36. The number of rotatable bonds is 3. The van der Waals surface area contributed by atoms with E-state index in [0.717, 1.165) is 17.3 Å². The van der Waals surface area contributed by atoms with Crippen LogP contribution < -0.4 is 14.8 Å². The number of ether oxygens (including phenoxy) is 2. The van der Waals surface area contributed by atoms with Crippen molar-refractivity contribution in [3.8, 4) is 11.5 Å². The maximum atomic E-state index is 5.44. The minimum Gasteiger partial charge on any atom is -0.497 e. The minimum absolute atomic E-state index is 0.181. The molecule has 0 saturated carbocycles. The molecular formula is C13H19NO2S. The fourth-order valence-electron chi connectivity index (χ4n) is 1.93. The number of benzene rings is 1. The van der Waals surface area contributed by atoms with Crippen molar-refractivity contribution in [2.24, 2.45) is 0 Å². The fourth-order valence-corrected chi connectivity index (χ4v) is 3.38. The van der Waals surface area contributed by atoms with Gasteiger partial charge < -0.3 is 9.47 Å². The van der Waals surface area contributed by atoms with Gasteiger partial charge in [-0.15, -0.1) is 11.8 Å². The Bertz CT molecular complexity index is 406. The first kappa shape index (κ1) is 12.6. The van der Waals surface area contributed by atoms with E-state index in [9.17, 15) is 0 Å². The predicted molar refractivity (Wildman–Crippen MR) is 72.0 cm³/mol. The van der Waals surface area contributed by atoms with E-state index in [-0.39, 0.29) is 5.54 Å². The first-order valence-electron chi connectivity index (χ1n) is 5.67. The molecule has 1 aromatic rings. The highest BCUT2D eigenvalue weighted by Crippen LogP contribution is 2.41. The summed E-state index contributed by atoms with van der Waals surface area (Å²) in [5, 5.41) is 3.90. The van der Waals surface area contributed by atoms with Gasteiger partial charge in [-0.25, -0.2) is 0 Å². The summed E-state index contributed by atoms with van der Waals surface area (Å²) in [7, 11) is 3.36. The van der Waals surface area contributed by atoms with Crippen LogP contribution in [0.3, 0.4) is 0 Å². The molecule has 17 heavy (non-hydrogen) atoms. The lowest BCUT2D eigenvalue weighted by atomic mass is 10.1. The molecule has 1 saturated heterocycles. The molecule has 1 unspecified atom stereocenters. The fraction of sp³-hybridized carbons (Fsp3) is 0.538. The highest BCUT2D eigenvalue weighted by Gasteiger charge is 2.32. The standard InChI is InChI=1S/C13H19NO2S/c1-13(2)8-17-12(14-13)10-6-5-9(15-3)7-11(10)16-4/h5-7,12,14H,8H2,1-4H3. The predicted octanol–water partition coefficient (Wildman–Crippen LogP) is 2.82. The van der Waals surface area contributed by atoms with Crippen LogP contribution in [-0.4, -0.2) is 25.5 Å². The second kappa shape index (κ2) is 4.78. The van der Waals surface area contributed by atoms with E-state index in [1.54, 1.807) is 14.2 Å². The molecule has 1 N–H and O–H groups in total. The lowest BCUT2D eigenvalue weighted by molar-refractivity contribution is 0.385. The Labute approximate surface area is 107 Å². The van der Waals surface area contributed by atoms with Gasteiger partial charge in [0.1, 0.15) is 11.5 Å². The average Bonchev–Trinajstić information content (AvgIpc) is 2.68. The van der Waals surface area contributed by atoms with Crippen molar-refractivity contribution in [3.05, 3.63) is 23.8 Å². The van der Waals surface area contributed by atoms with Gasteiger partial charge >= 0.3 is 0 Å². The van der Waals surface area contributed by atoms with Crippen molar-refractivity contribution in [1.29, 1.82) is 0 Å². The Morgan fingerprint density at radius 2 is 2.06 bits per heavy atom. The zero-order valence-electron chi connectivity index (χ0n) is 10.7. The summed E-state index contributed by atoms with van der Waals surface area (Å²) in [4.78, 5) is 0. The Morgan fingerprint density at radius 3 is 2.59 bits per heavy atom. The summed E-state index contributed by atoms with van der Waals surface area (Å²) < 4.78 is 10.6. The van der Waals surface area contributed by atoms with Crippen molar-refractivity contribution in [3.63, 3.8) is 0 Å². The van der Waals surface area contributed by atoms with Crippen molar-refractivity contribution >= 4 is 11.8 Å². The van der Waals surface area contributed by atoms with Crippen LogP contribution in [0, 0.1) is 0 Å². The van der Waals surface area contributed by atoms with Crippen LogP contribution in [0.1, 0.15) is 24.8 Å². The van der Waals surface area contributed by atoms with Crippen molar-refractivity contribution in [2.75, 3.05) is 20.0 Å². The Balaban J connectivity index is 2.26. The van der Waals surface area contributed by atoms with Gasteiger partial charge in [-0.1, -0.05) is 0 Å². The summed E-state index contributed by atoms with van der Waals surface area (Å²) in [6.07, 6.45) is 0. The van der Waals surface area contributed by atoms with E-state index in [2.05, 4.69) is 25.2 Å². The van der Waals surface area contributed by atoms with E-state index in [4.69, 9.17) is 9.47 Å². The van der Waals surface area contributed by atoms with Crippen LogP contribution in [0.4, 0.5) is 0 Å². The molecule has 1 fully saturated rings. The second-order valence-corrected chi connectivity index (χ2v) is 5.92. The minimum atomic E-state index is 0.181. The van der Waals surface area contributed by atoms with Crippen LogP contribution in [0.25, 0.3) is 0 Å². The molecule has 1 aromatic carbocycles. The van der Waals surface area contributed by atoms with E-state index in [1.165, 1.54) is 5.56 Å². The Morgan fingerprint density at radius 1 is 1.29 bits per heavy atom. The van der Waals surface area contributed by atoms with Crippen LogP contribution in [0.15, 0.2) is 18.2 Å². The van der Waals surface area contributed by atoms with Crippen LogP contribution in [0.5, 0.6) is 11.5 Å². The zero-order valence-corrected chi connectivity index (χ0v) is 11.6. The average molecular weight is 253 g/mol. The second-order valence-electron chi connectivity index (χ2n) is 4.83. The molecule has 0 radical (unpaired) electrons. The molecule has 1 aliphatic rings. The van der Waals surface area contributed by atoms with Crippen LogP contribution >= 0.6 is 11.8 Å². The van der Waals surface area contributed by atoms with Crippen molar-refractivity contribution in [2.45, 2.75) is 24.8 Å². The quantitative estimate of drug-likeness (QED) is 0.897. The molecule has 0 aromatic heterocycles. The highest BCUT2D eigenvalue weighted by molar-refractivity contribution is 7.99. The molecule has 1 heterocycles. The summed E-state index contributed by atoms with van der Waals surface area (Å²) in [6.45, 7) is 4.44. The molecular weight excluding hydrogens is 234 g/mol. The maximum absolute atomic E-state index is 5.44. The molecule has 0 bridgehead atoms. The molecule has 0 spiro atoms. The Hall–Kier alpha value is -0.870. The summed E-state index contributed by atoms with van der Waals surface area (Å²) in [6, 6.07) is 5.98. The van der Waals surface area contributed by atoms with Gasteiger partial charge in [0.15, 0.2) is 0 Å². The Kier molecular flexibility index (Phi) is 3.54. The molecule has 94 valence electrons. The van der Waals surface area contributed by atoms with Crippen LogP contribution in [0.2, 0.25) is 0 Å². The van der Waals surface area contributed by atoms with E-state index >= 15 is 0 Å². The van der Waals surface area contributed by atoms with Gasteiger partial charge in [0.05, 0.1) is 19.6 Å². The van der Waals surface area contributed by atoms with Gasteiger partial charge in [0.2, 0.25) is 0 Å². The lowest BCUT2D eigenvalue weighted by Crippen LogP contribution is -2.35. The van der Waals surface area contributed by atoms with Gasteiger partial charge in [0, 0.05) is 22.9 Å². The topological polar surface area (TPSA) is 30.5 Å². The third-order valence-corrected chi connectivity index (χ3v) is 4.45. The third-order valence-electron chi connectivity index (χ3n) is 2.86. The molecule has 1 atom stereocenters. The van der Waals surface area contributed by atoms with Crippen LogP contribution in [-0.2, 0) is 0 Å². The number of nitrogens with one attached hydrogen (secondary N) is 1. The monoisotopic (exact) mass is 253 g/mol. The molecule has 1 aliphatic heterocycles. The number of methoxy groups -OCH3 is 2. The van der Waals surface area contributed by atoms with E-state index < -0.39 is 0 Å².